The van der Waals surface area contributed by atoms with Crippen molar-refractivity contribution in [3.05, 3.63) is 0 Å². The molecule has 2 heteroatoms. The second kappa shape index (κ2) is 3.18. The number of nitrogens with one attached hydrogen (secondary N) is 1. The zero-order valence-electron chi connectivity index (χ0n) is 6.06. The van der Waals surface area contributed by atoms with Gasteiger partial charge in [0.1, 0.15) is 0 Å². The zero-order valence-corrected chi connectivity index (χ0v) is 6.06. The molecule has 9 heavy (non-hydrogen) atoms. The first kappa shape index (κ1) is 7.03. The van der Waals surface area contributed by atoms with E-state index in [1.807, 2.05) is 7.05 Å². The average molecular weight is 128 g/mol. The van der Waals surface area contributed by atoms with Crippen LogP contribution in [0.25, 0.3) is 0 Å². The van der Waals surface area contributed by atoms with Crippen molar-refractivity contribution in [3.63, 3.8) is 0 Å². The summed E-state index contributed by atoms with van der Waals surface area (Å²) in [5.41, 5.74) is 5.73. The van der Waals surface area contributed by atoms with Crippen LogP contribution in [-0.4, -0.2) is 19.6 Å². The molecule has 54 valence electrons. The largest absolute Gasteiger partial charge is 0.328 e. The van der Waals surface area contributed by atoms with Gasteiger partial charge in [-0.1, -0.05) is 0 Å². The highest BCUT2D eigenvalue weighted by molar-refractivity contribution is 4.78. The molecule has 2 nitrogen and oxygen atoms in total. The third kappa shape index (κ3) is 1.95. The molecule has 0 radical (unpaired) electrons. The van der Waals surface area contributed by atoms with Crippen LogP contribution in [0.3, 0.4) is 0 Å². The van der Waals surface area contributed by atoms with Gasteiger partial charge < -0.3 is 11.1 Å². The van der Waals surface area contributed by atoms with Crippen molar-refractivity contribution in [1.29, 1.82) is 0 Å². The summed E-state index contributed by atoms with van der Waals surface area (Å²) in [6.07, 6.45) is 3.77. The fourth-order valence-corrected chi connectivity index (χ4v) is 1.59. The molecule has 0 aromatic heterocycles. The SMILES string of the molecule is CNC[C@@H]1CC[C@H](N)C1. The quantitative estimate of drug-likeness (QED) is 0.562. The summed E-state index contributed by atoms with van der Waals surface area (Å²) >= 11 is 0. The molecule has 0 spiro atoms. The van der Waals surface area contributed by atoms with E-state index in [0.717, 1.165) is 12.5 Å². The molecule has 0 amide bonds. The summed E-state index contributed by atoms with van der Waals surface area (Å²) in [6.45, 7) is 1.15. The summed E-state index contributed by atoms with van der Waals surface area (Å²) < 4.78 is 0. The van der Waals surface area contributed by atoms with E-state index in [1.165, 1.54) is 19.3 Å². The van der Waals surface area contributed by atoms with Gasteiger partial charge in [-0.3, -0.25) is 0 Å². The van der Waals surface area contributed by atoms with Crippen LogP contribution in [0.5, 0.6) is 0 Å². The van der Waals surface area contributed by atoms with Crippen molar-refractivity contribution in [2.24, 2.45) is 11.7 Å². The Morgan fingerprint density at radius 2 is 2.33 bits per heavy atom. The number of nitrogens with two attached hydrogens (primary N) is 1. The van der Waals surface area contributed by atoms with Crippen LogP contribution >= 0.6 is 0 Å². The van der Waals surface area contributed by atoms with E-state index in [0.29, 0.717) is 6.04 Å². The highest BCUT2D eigenvalue weighted by Crippen LogP contribution is 2.22. The molecule has 1 saturated carbocycles. The molecule has 0 bridgehead atoms. The molecule has 1 aliphatic rings. The molecule has 0 heterocycles. The summed E-state index contributed by atoms with van der Waals surface area (Å²) in [5.74, 6) is 0.852. The Labute approximate surface area is 56.8 Å². The second-order valence-corrected chi connectivity index (χ2v) is 3.00. The fourth-order valence-electron chi connectivity index (χ4n) is 1.59. The Balaban J connectivity index is 2.14. The highest BCUT2D eigenvalue weighted by atomic mass is 14.8. The topological polar surface area (TPSA) is 38.0 Å². The average Bonchev–Trinajstić information content (AvgIpc) is 2.17. The Kier molecular flexibility index (Phi) is 2.49. The van der Waals surface area contributed by atoms with Gasteiger partial charge in [-0.15, -0.1) is 0 Å². The smallest absolute Gasteiger partial charge is 0.00420 e. The first-order valence-corrected chi connectivity index (χ1v) is 3.73. The lowest BCUT2D eigenvalue weighted by Gasteiger charge is -2.06. The fraction of sp³-hybridized carbons (Fsp3) is 1.00. The maximum Gasteiger partial charge on any atom is 0.00420 e. The van der Waals surface area contributed by atoms with Crippen LogP contribution in [0.2, 0.25) is 0 Å². The maximum atomic E-state index is 5.73. The van der Waals surface area contributed by atoms with Gasteiger partial charge in [0, 0.05) is 6.04 Å². The molecule has 0 aliphatic heterocycles. The number of hydrogen-bond donors (Lipinski definition) is 2. The lowest BCUT2D eigenvalue weighted by atomic mass is 10.1. The summed E-state index contributed by atoms with van der Waals surface area (Å²) in [6, 6.07) is 0.489. The van der Waals surface area contributed by atoms with E-state index in [4.69, 9.17) is 5.73 Å². The number of hydrogen-bond acceptors (Lipinski definition) is 2. The van der Waals surface area contributed by atoms with Crippen molar-refractivity contribution in [3.8, 4) is 0 Å². The Bertz CT molecular complexity index is 81.0. The molecular weight excluding hydrogens is 112 g/mol. The van der Waals surface area contributed by atoms with Gasteiger partial charge in [-0.25, -0.2) is 0 Å². The zero-order chi connectivity index (χ0) is 6.69. The molecule has 0 aromatic carbocycles. The Hall–Kier alpha value is -0.0800. The lowest BCUT2D eigenvalue weighted by Crippen LogP contribution is -2.19. The maximum absolute atomic E-state index is 5.73. The van der Waals surface area contributed by atoms with Gasteiger partial charge in [0.25, 0.3) is 0 Å². The van der Waals surface area contributed by atoms with Crippen LogP contribution < -0.4 is 11.1 Å². The van der Waals surface area contributed by atoms with Crippen LogP contribution in [0.15, 0.2) is 0 Å². The second-order valence-electron chi connectivity index (χ2n) is 3.00. The minimum atomic E-state index is 0.489. The van der Waals surface area contributed by atoms with Crippen LogP contribution in [-0.2, 0) is 0 Å². The Morgan fingerprint density at radius 3 is 2.78 bits per heavy atom. The van der Waals surface area contributed by atoms with Gasteiger partial charge in [-0.2, -0.15) is 0 Å². The number of rotatable bonds is 2. The molecule has 2 atom stereocenters. The molecule has 1 rings (SSSR count). The van der Waals surface area contributed by atoms with Crippen LogP contribution in [0, 0.1) is 5.92 Å². The molecule has 3 N–H and O–H groups in total. The van der Waals surface area contributed by atoms with Crippen molar-refractivity contribution in [1.82, 2.24) is 5.32 Å². The van der Waals surface area contributed by atoms with E-state index in [2.05, 4.69) is 5.32 Å². The van der Waals surface area contributed by atoms with E-state index < -0.39 is 0 Å². The summed E-state index contributed by atoms with van der Waals surface area (Å²) in [4.78, 5) is 0. The molecule has 1 aliphatic carbocycles. The van der Waals surface area contributed by atoms with Gasteiger partial charge in [0.2, 0.25) is 0 Å². The first-order valence-electron chi connectivity index (χ1n) is 3.73. The Morgan fingerprint density at radius 1 is 1.56 bits per heavy atom. The highest BCUT2D eigenvalue weighted by Gasteiger charge is 2.20. The minimum absolute atomic E-state index is 0.489. The van der Waals surface area contributed by atoms with Crippen LogP contribution in [0.4, 0.5) is 0 Å². The molecular formula is C7H16N2. The van der Waals surface area contributed by atoms with Gasteiger partial charge >= 0.3 is 0 Å². The summed E-state index contributed by atoms with van der Waals surface area (Å²) in [5, 5.41) is 3.17. The van der Waals surface area contributed by atoms with Gasteiger partial charge in [0.15, 0.2) is 0 Å². The molecule has 0 aromatic rings. The van der Waals surface area contributed by atoms with E-state index >= 15 is 0 Å². The van der Waals surface area contributed by atoms with Crippen molar-refractivity contribution in [2.75, 3.05) is 13.6 Å². The summed E-state index contributed by atoms with van der Waals surface area (Å²) in [7, 11) is 2.00. The predicted molar refractivity (Wildman–Crippen MR) is 39.2 cm³/mol. The third-order valence-corrected chi connectivity index (χ3v) is 2.07. The van der Waals surface area contributed by atoms with Crippen molar-refractivity contribution >= 4 is 0 Å². The van der Waals surface area contributed by atoms with Gasteiger partial charge in [-0.05, 0) is 38.8 Å². The van der Waals surface area contributed by atoms with Crippen molar-refractivity contribution < 1.29 is 0 Å². The molecule has 0 saturated heterocycles. The lowest BCUT2D eigenvalue weighted by molar-refractivity contribution is 0.507. The normalized spacial score (nSPS) is 35.3. The third-order valence-electron chi connectivity index (χ3n) is 2.07. The minimum Gasteiger partial charge on any atom is -0.328 e. The van der Waals surface area contributed by atoms with Crippen LogP contribution in [0.1, 0.15) is 19.3 Å². The van der Waals surface area contributed by atoms with E-state index in [9.17, 15) is 0 Å². The van der Waals surface area contributed by atoms with E-state index in [1.54, 1.807) is 0 Å². The van der Waals surface area contributed by atoms with Gasteiger partial charge in [0.05, 0.1) is 0 Å². The van der Waals surface area contributed by atoms with Crippen molar-refractivity contribution in [2.45, 2.75) is 25.3 Å². The predicted octanol–water partition coefficient (Wildman–Crippen LogP) is 0.333. The standard InChI is InChI=1S/C7H16N2/c1-9-5-6-2-3-7(8)4-6/h6-7,9H,2-5,8H2,1H3/t6-,7+/m1/s1. The first-order chi connectivity index (χ1) is 4.33. The molecule has 0 unspecified atom stereocenters. The monoisotopic (exact) mass is 128 g/mol. The molecule has 1 fully saturated rings. The van der Waals surface area contributed by atoms with E-state index in [-0.39, 0.29) is 0 Å².